The topological polar surface area (TPSA) is 48.7 Å². The van der Waals surface area contributed by atoms with Gasteiger partial charge in [-0.25, -0.2) is 0 Å². The molecule has 26 heavy (non-hydrogen) atoms. The molecule has 0 bridgehead atoms. The van der Waals surface area contributed by atoms with E-state index in [4.69, 9.17) is 13.5 Å². The molecule has 0 unspecified atom stereocenters. The van der Waals surface area contributed by atoms with Gasteiger partial charge in [0.05, 0.1) is 13.2 Å². The van der Waals surface area contributed by atoms with Crippen molar-refractivity contribution in [2.24, 2.45) is 0 Å². The van der Waals surface area contributed by atoms with E-state index in [1.807, 2.05) is 60.7 Å². The summed E-state index contributed by atoms with van der Waals surface area (Å²) in [5, 5.41) is 0. The Morgan fingerprint density at radius 1 is 0.885 bits per heavy atom. The summed E-state index contributed by atoms with van der Waals surface area (Å²) in [4.78, 5) is 0. The Morgan fingerprint density at radius 2 is 1.46 bits per heavy atom. The molecule has 0 fully saturated rings. The van der Waals surface area contributed by atoms with Gasteiger partial charge in [0.2, 0.25) is 5.50 Å². The lowest BCUT2D eigenvalue weighted by atomic mass is 10.0. The van der Waals surface area contributed by atoms with Crippen LogP contribution in [0.3, 0.4) is 0 Å². The molecule has 0 aliphatic carbocycles. The first-order valence-corrected chi connectivity index (χ1v) is 10.3. The molecule has 136 valence electrons. The van der Waals surface area contributed by atoms with Crippen molar-refractivity contribution >= 4 is 13.1 Å². The first-order valence-electron chi connectivity index (χ1n) is 8.78. The predicted octanol–water partition coefficient (Wildman–Crippen LogP) is 5.43. The van der Waals surface area contributed by atoms with Gasteiger partial charge in [-0.1, -0.05) is 60.7 Å². The zero-order chi connectivity index (χ0) is 18.4. The molecule has 2 aromatic carbocycles. The second-order valence-electron chi connectivity index (χ2n) is 5.78. The Balaban J connectivity index is 2.06. The summed E-state index contributed by atoms with van der Waals surface area (Å²) < 4.78 is 30.1. The number of hydrogen-bond donors (Lipinski definition) is 0. The highest BCUT2D eigenvalue weighted by Gasteiger charge is 2.32. The third kappa shape index (κ3) is 4.16. The van der Waals surface area contributed by atoms with Crippen molar-refractivity contribution in [2.45, 2.75) is 20.3 Å². The molecule has 0 radical (unpaired) electrons. The lowest BCUT2D eigenvalue weighted by Gasteiger charge is -2.13. The van der Waals surface area contributed by atoms with Crippen LogP contribution in [0.1, 0.15) is 25.2 Å². The number of rotatable bonds is 8. The van der Waals surface area contributed by atoms with Crippen molar-refractivity contribution in [2.75, 3.05) is 13.2 Å². The summed E-state index contributed by atoms with van der Waals surface area (Å²) in [7, 11) is -3.47. The SMILES string of the molecule is CCOP(=O)(OCC)c1cc(-c2ccccc2)c(Cc2ccccc2)o1. The molecular weight excluding hydrogens is 347 g/mol. The standard InChI is InChI=1S/C21H23O4P/c1-3-23-26(22,24-4-2)21-16-19(18-13-9-6-10-14-18)20(25-21)15-17-11-7-5-8-12-17/h5-14,16H,3-4,15H2,1-2H3. The monoisotopic (exact) mass is 370 g/mol. The van der Waals surface area contributed by atoms with Gasteiger partial charge in [-0.2, -0.15) is 0 Å². The number of hydrogen-bond acceptors (Lipinski definition) is 4. The summed E-state index contributed by atoms with van der Waals surface area (Å²) in [5.74, 6) is 0.747. The molecule has 0 saturated heterocycles. The molecule has 0 spiro atoms. The second-order valence-corrected chi connectivity index (χ2v) is 7.74. The molecule has 0 saturated carbocycles. The third-order valence-electron chi connectivity index (χ3n) is 3.96. The number of benzene rings is 2. The minimum absolute atomic E-state index is 0.256. The fourth-order valence-corrected chi connectivity index (χ4v) is 4.35. The highest BCUT2D eigenvalue weighted by atomic mass is 31.2. The van der Waals surface area contributed by atoms with Crippen LogP contribution in [-0.2, 0) is 20.0 Å². The van der Waals surface area contributed by atoms with E-state index in [0.717, 1.165) is 22.5 Å². The molecule has 5 heteroatoms. The maximum Gasteiger partial charge on any atom is 0.396 e. The average Bonchev–Trinajstić information content (AvgIpc) is 3.08. The van der Waals surface area contributed by atoms with Crippen LogP contribution in [0.5, 0.6) is 0 Å². The second kappa shape index (κ2) is 8.50. The molecule has 3 rings (SSSR count). The van der Waals surface area contributed by atoms with Gasteiger partial charge in [-0.15, -0.1) is 0 Å². The Hall–Kier alpha value is -2.13. The van der Waals surface area contributed by atoms with Crippen LogP contribution < -0.4 is 5.50 Å². The fourth-order valence-electron chi connectivity index (χ4n) is 2.83. The lowest BCUT2D eigenvalue weighted by Crippen LogP contribution is -2.08. The van der Waals surface area contributed by atoms with Crippen molar-refractivity contribution in [1.29, 1.82) is 0 Å². The highest BCUT2D eigenvalue weighted by Crippen LogP contribution is 2.48. The van der Waals surface area contributed by atoms with Gasteiger partial charge in [0, 0.05) is 18.1 Å². The normalized spacial score (nSPS) is 11.6. The van der Waals surface area contributed by atoms with Crippen molar-refractivity contribution in [1.82, 2.24) is 0 Å². The van der Waals surface area contributed by atoms with Crippen LogP contribution in [-0.4, -0.2) is 13.2 Å². The van der Waals surface area contributed by atoms with Crippen molar-refractivity contribution < 1.29 is 18.0 Å². The Labute approximate surface area is 154 Å². The Kier molecular flexibility index (Phi) is 6.10. The van der Waals surface area contributed by atoms with Gasteiger partial charge < -0.3 is 13.5 Å². The summed E-state index contributed by atoms with van der Waals surface area (Å²) in [6.45, 7) is 4.15. The zero-order valence-corrected chi connectivity index (χ0v) is 15.9. The highest BCUT2D eigenvalue weighted by molar-refractivity contribution is 7.61. The zero-order valence-electron chi connectivity index (χ0n) is 15.1. The van der Waals surface area contributed by atoms with Crippen LogP contribution in [0.25, 0.3) is 11.1 Å². The molecule has 0 aliphatic heterocycles. The van der Waals surface area contributed by atoms with Crippen LogP contribution >= 0.6 is 7.60 Å². The van der Waals surface area contributed by atoms with Gasteiger partial charge in [-0.3, -0.25) is 4.57 Å². The Bertz CT molecular complexity index is 862. The molecular formula is C21H23O4P. The van der Waals surface area contributed by atoms with Gasteiger partial charge >= 0.3 is 7.60 Å². The third-order valence-corrected chi connectivity index (χ3v) is 5.91. The van der Waals surface area contributed by atoms with E-state index < -0.39 is 7.60 Å². The first-order chi connectivity index (χ1) is 12.7. The van der Waals surface area contributed by atoms with E-state index in [1.54, 1.807) is 19.9 Å². The van der Waals surface area contributed by atoms with Gasteiger partial charge in [-0.05, 0) is 25.0 Å². The van der Waals surface area contributed by atoms with Gasteiger partial charge in [0.1, 0.15) is 5.76 Å². The molecule has 0 atom stereocenters. The molecule has 0 N–H and O–H groups in total. The van der Waals surface area contributed by atoms with Crippen molar-refractivity contribution in [3.8, 4) is 11.1 Å². The van der Waals surface area contributed by atoms with E-state index in [1.165, 1.54) is 0 Å². The fraction of sp³-hybridized carbons (Fsp3) is 0.238. The predicted molar refractivity (Wildman–Crippen MR) is 104 cm³/mol. The molecule has 0 aliphatic rings. The quantitative estimate of drug-likeness (QED) is 0.496. The van der Waals surface area contributed by atoms with Gasteiger partial charge in [0.15, 0.2) is 0 Å². The largest absolute Gasteiger partial charge is 0.452 e. The minimum atomic E-state index is -3.47. The average molecular weight is 370 g/mol. The molecule has 3 aromatic rings. The molecule has 1 heterocycles. The molecule has 1 aromatic heterocycles. The smallest absolute Gasteiger partial charge is 0.396 e. The molecule has 4 nitrogen and oxygen atoms in total. The van der Waals surface area contributed by atoms with Crippen LogP contribution in [0.2, 0.25) is 0 Å². The maximum atomic E-state index is 13.1. The van der Waals surface area contributed by atoms with Crippen molar-refractivity contribution in [3.05, 3.63) is 78.1 Å². The molecule has 0 amide bonds. The number of furan rings is 1. The van der Waals surface area contributed by atoms with Crippen LogP contribution in [0.4, 0.5) is 0 Å². The van der Waals surface area contributed by atoms with Crippen LogP contribution in [0.15, 0.2) is 71.1 Å². The Morgan fingerprint density at radius 3 is 2.04 bits per heavy atom. The van der Waals surface area contributed by atoms with E-state index in [2.05, 4.69) is 0 Å². The maximum absolute atomic E-state index is 13.1. The van der Waals surface area contributed by atoms with Crippen LogP contribution in [0, 0.1) is 0 Å². The van der Waals surface area contributed by atoms with E-state index in [9.17, 15) is 4.57 Å². The summed E-state index contributed by atoms with van der Waals surface area (Å²) in [6.07, 6.45) is 0.601. The van der Waals surface area contributed by atoms with Crippen molar-refractivity contribution in [3.63, 3.8) is 0 Å². The summed E-state index contributed by atoms with van der Waals surface area (Å²) in [5.41, 5.74) is 3.29. The van der Waals surface area contributed by atoms with E-state index >= 15 is 0 Å². The summed E-state index contributed by atoms with van der Waals surface area (Å²) >= 11 is 0. The summed E-state index contributed by atoms with van der Waals surface area (Å²) in [6, 6.07) is 21.8. The van der Waals surface area contributed by atoms with E-state index in [0.29, 0.717) is 6.42 Å². The van der Waals surface area contributed by atoms with Gasteiger partial charge in [0.25, 0.3) is 0 Å². The first kappa shape index (κ1) is 18.7. The lowest BCUT2D eigenvalue weighted by molar-refractivity contribution is 0.225. The van der Waals surface area contributed by atoms with E-state index in [-0.39, 0.29) is 18.7 Å². The minimum Gasteiger partial charge on any atom is -0.452 e.